The Bertz CT molecular complexity index is 297. The lowest BCUT2D eigenvalue weighted by atomic mass is 10.0. The Morgan fingerprint density at radius 1 is 1.38 bits per heavy atom. The summed E-state index contributed by atoms with van der Waals surface area (Å²) >= 11 is 0. The summed E-state index contributed by atoms with van der Waals surface area (Å²) in [6.07, 6.45) is 1.68. The molecule has 1 aromatic rings. The highest BCUT2D eigenvalue weighted by atomic mass is 19.1. The van der Waals surface area contributed by atoms with Crippen LogP contribution in [-0.2, 0) is 6.42 Å². The lowest BCUT2D eigenvalue weighted by Gasteiger charge is -2.02. The van der Waals surface area contributed by atoms with Gasteiger partial charge >= 0.3 is 0 Å². The molecule has 0 aliphatic carbocycles. The van der Waals surface area contributed by atoms with Gasteiger partial charge in [0.1, 0.15) is 5.82 Å². The summed E-state index contributed by atoms with van der Waals surface area (Å²) in [5.74, 6) is -0.137. The Labute approximate surface area is 77.8 Å². The van der Waals surface area contributed by atoms with E-state index >= 15 is 0 Å². The molecule has 0 aliphatic rings. The monoisotopic (exact) mass is 177 g/mol. The van der Waals surface area contributed by atoms with Crippen molar-refractivity contribution < 1.29 is 4.39 Å². The number of hydrogen-bond donors (Lipinski definition) is 0. The predicted octanol–water partition coefficient (Wildman–Crippen LogP) is 2.92. The standard InChI is InChI=1S/C11H12FN/c1-9(8-13)2-3-10-4-6-11(12)7-5-10/h4-7,9H,2-3H2,1H3. The minimum absolute atomic E-state index is 0.0741. The third kappa shape index (κ3) is 3.25. The molecule has 0 saturated carbocycles. The molecule has 1 unspecified atom stereocenters. The molecule has 0 N–H and O–H groups in total. The van der Waals surface area contributed by atoms with Gasteiger partial charge in [-0.2, -0.15) is 5.26 Å². The van der Waals surface area contributed by atoms with Gasteiger partial charge < -0.3 is 0 Å². The highest BCUT2D eigenvalue weighted by Crippen LogP contribution is 2.09. The van der Waals surface area contributed by atoms with Gasteiger partial charge in [0, 0.05) is 5.92 Å². The summed E-state index contributed by atoms with van der Waals surface area (Å²) in [6, 6.07) is 8.60. The van der Waals surface area contributed by atoms with E-state index in [-0.39, 0.29) is 11.7 Å². The van der Waals surface area contributed by atoms with Gasteiger partial charge in [-0.1, -0.05) is 12.1 Å². The second-order valence-electron chi connectivity index (χ2n) is 3.20. The van der Waals surface area contributed by atoms with Gasteiger partial charge in [-0.05, 0) is 37.5 Å². The average Bonchev–Trinajstić information content (AvgIpc) is 2.16. The first kappa shape index (κ1) is 9.73. The smallest absolute Gasteiger partial charge is 0.123 e. The number of benzene rings is 1. The molecular formula is C11H12FN. The third-order valence-electron chi connectivity index (χ3n) is 2.00. The van der Waals surface area contributed by atoms with Gasteiger partial charge in [-0.15, -0.1) is 0 Å². The van der Waals surface area contributed by atoms with Crippen LogP contribution in [0.15, 0.2) is 24.3 Å². The zero-order valence-electron chi connectivity index (χ0n) is 7.63. The van der Waals surface area contributed by atoms with E-state index in [2.05, 4.69) is 6.07 Å². The van der Waals surface area contributed by atoms with Crippen LogP contribution in [0, 0.1) is 23.1 Å². The van der Waals surface area contributed by atoms with Crippen molar-refractivity contribution in [3.63, 3.8) is 0 Å². The van der Waals surface area contributed by atoms with Gasteiger partial charge in [-0.3, -0.25) is 0 Å². The summed E-state index contributed by atoms with van der Waals surface area (Å²) < 4.78 is 12.5. The summed E-state index contributed by atoms with van der Waals surface area (Å²) in [5.41, 5.74) is 1.09. The quantitative estimate of drug-likeness (QED) is 0.696. The summed E-state index contributed by atoms with van der Waals surface area (Å²) in [7, 11) is 0. The predicted molar refractivity (Wildman–Crippen MR) is 49.5 cm³/mol. The van der Waals surface area contributed by atoms with Crippen LogP contribution in [-0.4, -0.2) is 0 Å². The van der Waals surface area contributed by atoms with Gasteiger partial charge in [0.15, 0.2) is 0 Å². The van der Waals surface area contributed by atoms with Crippen LogP contribution >= 0.6 is 0 Å². The maximum Gasteiger partial charge on any atom is 0.123 e. The first-order valence-corrected chi connectivity index (χ1v) is 4.36. The Kier molecular flexibility index (Phi) is 3.45. The number of rotatable bonds is 3. The van der Waals surface area contributed by atoms with Gasteiger partial charge in [-0.25, -0.2) is 4.39 Å². The summed E-state index contributed by atoms with van der Waals surface area (Å²) in [5, 5.41) is 8.55. The Hall–Kier alpha value is -1.36. The Morgan fingerprint density at radius 2 is 2.00 bits per heavy atom. The molecule has 0 amide bonds. The zero-order chi connectivity index (χ0) is 9.68. The van der Waals surface area contributed by atoms with E-state index in [1.165, 1.54) is 12.1 Å². The van der Waals surface area contributed by atoms with Crippen LogP contribution in [0.25, 0.3) is 0 Å². The number of nitrogens with zero attached hydrogens (tertiary/aromatic N) is 1. The van der Waals surface area contributed by atoms with Crippen LogP contribution in [0.2, 0.25) is 0 Å². The topological polar surface area (TPSA) is 23.8 Å². The maximum atomic E-state index is 12.5. The third-order valence-corrected chi connectivity index (χ3v) is 2.00. The molecule has 2 heteroatoms. The summed E-state index contributed by atoms with van der Waals surface area (Å²) in [4.78, 5) is 0. The lowest BCUT2D eigenvalue weighted by molar-refractivity contribution is 0.624. The first-order valence-electron chi connectivity index (χ1n) is 4.36. The molecule has 0 aliphatic heterocycles. The fourth-order valence-electron chi connectivity index (χ4n) is 1.10. The molecule has 68 valence electrons. The van der Waals surface area contributed by atoms with Crippen molar-refractivity contribution in [2.24, 2.45) is 5.92 Å². The molecule has 0 saturated heterocycles. The van der Waals surface area contributed by atoms with Crippen molar-refractivity contribution in [3.05, 3.63) is 35.6 Å². The molecule has 1 nitrogen and oxygen atoms in total. The molecule has 13 heavy (non-hydrogen) atoms. The zero-order valence-corrected chi connectivity index (χ0v) is 7.63. The van der Waals surface area contributed by atoms with E-state index in [9.17, 15) is 4.39 Å². The number of nitriles is 1. The molecule has 0 fully saturated rings. The van der Waals surface area contributed by atoms with Crippen molar-refractivity contribution >= 4 is 0 Å². The van der Waals surface area contributed by atoms with Crippen molar-refractivity contribution in [2.75, 3.05) is 0 Å². The molecule has 0 spiro atoms. The van der Waals surface area contributed by atoms with E-state index in [4.69, 9.17) is 5.26 Å². The molecule has 0 bridgehead atoms. The normalized spacial score (nSPS) is 12.1. The number of aryl methyl sites for hydroxylation is 1. The second-order valence-corrected chi connectivity index (χ2v) is 3.20. The lowest BCUT2D eigenvalue weighted by Crippen LogP contribution is -1.93. The number of hydrogen-bond acceptors (Lipinski definition) is 1. The van der Waals surface area contributed by atoms with Crippen LogP contribution in [0.5, 0.6) is 0 Å². The maximum absolute atomic E-state index is 12.5. The molecule has 1 aromatic carbocycles. The fourth-order valence-corrected chi connectivity index (χ4v) is 1.10. The van der Waals surface area contributed by atoms with Gasteiger partial charge in [0.05, 0.1) is 6.07 Å². The van der Waals surface area contributed by atoms with Crippen molar-refractivity contribution in [1.82, 2.24) is 0 Å². The van der Waals surface area contributed by atoms with E-state index < -0.39 is 0 Å². The number of halogens is 1. The molecule has 1 atom stereocenters. The molecule has 1 rings (SSSR count). The minimum atomic E-state index is -0.211. The van der Waals surface area contributed by atoms with E-state index in [1.807, 2.05) is 6.92 Å². The van der Waals surface area contributed by atoms with Crippen LogP contribution < -0.4 is 0 Å². The Morgan fingerprint density at radius 3 is 2.54 bits per heavy atom. The van der Waals surface area contributed by atoms with E-state index in [0.29, 0.717) is 0 Å². The van der Waals surface area contributed by atoms with Gasteiger partial charge in [0.2, 0.25) is 0 Å². The highest BCUT2D eigenvalue weighted by molar-refractivity contribution is 5.16. The SMILES string of the molecule is CC(C#N)CCc1ccc(F)cc1. The first-order chi connectivity index (χ1) is 6.22. The highest BCUT2D eigenvalue weighted by Gasteiger charge is 2.00. The second kappa shape index (κ2) is 4.61. The molecule has 0 aromatic heterocycles. The van der Waals surface area contributed by atoms with Gasteiger partial charge in [0.25, 0.3) is 0 Å². The van der Waals surface area contributed by atoms with E-state index in [1.54, 1.807) is 12.1 Å². The van der Waals surface area contributed by atoms with Crippen LogP contribution in [0.1, 0.15) is 18.9 Å². The van der Waals surface area contributed by atoms with Crippen LogP contribution in [0.3, 0.4) is 0 Å². The molecule has 0 radical (unpaired) electrons. The van der Waals surface area contributed by atoms with Crippen molar-refractivity contribution in [2.45, 2.75) is 19.8 Å². The van der Waals surface area contributed by atoms with Crippen LogP contribution in [0.4, 0.5) is 4.39 Å². The largest absolute Gasteiger partial charge is 0.207 e. The average molecular weight is 177 g/mol. The fraction of sp³-hybridized carbons (Fsp3) is 0.364. The Balaban J connectivity index is 2.47. The van der Waals surface area contributed by atoms with E-state index in [0.717, 1.165) is 18.4 Å². The molecular weight excluding hydrogens is 165 g/mol. The minimum Gasteiger partial charge on any atom is -0.207 e. The van der Waals surface area contributed by atoms with Crippen molar-refractivity contribution in [1.29, 1.82) is 5.26 Å². The summed E-state index contributed by atoms with van der Waals surface area (Å²) in [6.45, 7) is 1.89. The van der Waals surface area contributed by atoms with Crippen molar-refractivity contribution in [3.8, 4) is 6.07 Å². The molecule has 0 heterocycles.